The Hall–Kier alpha value is -3.74. The number of aryl methyl sites for hydroxylation is 1. The number of rotatable bonds is 4. The zero-order valence-corrected chi connectivity index (χ0v) is 17.7. The molecule has 3 N–H and O–H groups in total. The van der Waals surface area contributed by atoms with Crippen LogP contribution >= 0.6 is 0 Å². The molecule has 1 aliphatic heterocycles. The SMILES string of the molecule is Cc1ccc(N2CCc3ncnc(N[C@@H](C)c4ccc5nccnc5c4)c3C2)c(N)c1. The normalized spacial score (nSPS) is 14.3. The number of hydrogen-bond donors (Lipinski definition) is 2. The summed E-state index contributed by atoms with van der Waals surface area (Å²) in [6, 6.07) is 12.5. The van der Waals surface area contributed by atoms with Crippen LogP contribution in [0, 0.1) is 6.92 Å². The van der Waals surface area contributed by atoms with Crippen LogP contribution in [-0.4, -0.2) is 26.5 Å². The van der Waals surface area contributed by atoms with Gasteiger partial charge in [0.2, 0.25) is 0 Å². The summed E-state index contributed by atoms with van der Waals surface area (Å²) in [7, 11) is 0. The molecule has 0 radical (unpaired) electrons. The van der Waals surface area contributed by atoms with Crippen LogP contribution in [0.2, 0.25) is 0 Å². The van der Waals surface area contributed by atoms with Gasteiger partial charge in [0.1, 0.15) is 12.1 Å². The number of benzene rings is 2. The molecule has 4 aromatic rings. The van der Waals surface area contributed by atoms with Gasteiger partial charge in [-0.05, 0) is 49.2 Å². The number of hydrogen-bond acceptors (Lipinski definition) is 7. The van der Waals surface area contributed by atoms with E-state index in [2.05, 4.69) is 68.3 Å². The Morgan fingerprint density at radius 2 is 1.84 bits per heavy atom. The van der Waals surface area contributed by atoms with Crippen molar-refractivity contribution in [1.29, 1.82) is 0 Å². The molecule has 0 fully saturated rings. The third-order valence-electron chi connectivity index (χ3n) is 5.87. The van der Waals surface area contributed by atoms with E-state index in [0.29, 0.717) is 0 Å². The van der Waals surface area contributed by atoms with Crippen molar-refractivity contribution in [1.82, 2.24) is 19.9 Å². The molecule has 7 heteroatoms. The van der Waals surface area contributed by atoms with E-state index in [1.54, 1.807) is 18.7 Å². The molecule has 3 heterocycles. The summed E-state index contributed by atoms with van der Waals surface area (Å²) in [6.07, 6.45) is 5.94. The van der Waals surface area contributed by atoms with Gasteiger partial charge >= 0.3 is 0 Å². The maximum absolute atomic E-state index is 6.31. The van der Waals surface area contributed by atoms with Gasteiger partial charge in [0.15, 0.2) is 0 Å². The second-order valence-electron chi connectivity index (χ2n) is 8.05. The first-order valence-corrected chi connectivity index (χ1v) is 10.5. The van der Waals surface area contributed by atoms with Crippen LogP contribution in [0.25, 0.3) is 11.0 Å². The molecule has 0 spiro atoms. The van der Waals surface area contributed by atoms with E-state index in [4.69, 9.17) is 5.73 Å². The summed E-state index contributed by atoms with van der Waals surface area (Å²) in [5.74, 6) is 0.868. The number of nitrogens with one attached hydrogen (secondary N) is 1. The summed E-state index contributed by atoms with van der Waals surface area (Å²) < 4.78 is 0. The van der Waals surface area contributed by atoms with Gasteiger partial charge in [-0.25, -0.2) is 9.97 Å². The molecule has 0 bridgehead atoms. The third kappa shape index (κ3) is 3.74. The Bertz CT molecular complexity index is 1250. The number of aromatic nitrogens is 4. The molecule has 31 heavy (non-hydrogen) atoms. The summed E-state index contributed by atoms with van der Waals surface area (Å²) in [4.78, 5) is 20.2. The molecule has 0 unspecified atom stereocenters. The maximum atomic E-state index is 6.31. The summed E-state index contributed by atoms with van der Waals surface area (Å²) in [5, 5.41) is 3.59. The van der Waals surface area contributed by atoms with E-state index in [-0.39, 0.29) is 6.04 Å². The van der Waals surface area contributed by atoms with Crippen LogP contribution in [0.3, 0.4) is 0 Å². The Morgan fingerprint density at radius 1 is 1.00 bits per heavy atom. The molecule has 2 aromatic heterocycles. The van der Waals surface area contributed by atoms with E-state index in [0.717, 1.165) is 64.6 Å². The first-order valence-electron chi connectivity index (χ1n) is 10.5. The minimum Gasteiger partial charge on any atom is -0.397 e. The van der Waals surface area contributed by atoms with Gasteiger partial charge in [0, 0.05) is 37.5 Å². The van der Waals surface area contributed by atoms with Crippen LogP contribution in [0.5, 0.6) is 0 Å². The van der Waals surface area contributed by atoms with E-state index in [1.807, 2.05) is 12.1 Å². The van der Waals surface area contributed by atoms with Gasteiger partial charge in [-0.1, -0.05) is 12.1 Å². The quantitative estimate of drug-likeness (QED) is 0.489. The standard InChI is InChI=1S/C24H25N7/c1-15-3-6-23(19(25)11-15)31-10-7-20-18(13-31)24(29-14-28-20)30-16(2)17-4-5-21-22(12-17)27-9-8-26-21/h3-6,8-9,11-12,14,16H,7,10,13,25H2,1-2H3,(H,28,29,30)/t16-/m0/s1. The number of anilines is 3. The Kier molecular flexibility index (Phi) is 4.86. The highest BCUT2D eigenvalue weighted by atomic mass is 15.2. The van der Waals surface area contributed by atoms with Gasteiger partial charge < -0.3 is 16.0 Å². The summed E-state index contributed by atoms with van der Waals surface area (Å²) in [5.41, 5.74) is 14.5. The van der Waals surface area contributed by atoms with Gasteiger partial charge in [0.05, 0.1) is 34.1 Å². The zero-order valence-electron chi connectivity index (χ0n) is 17.7. The number of fused-ring (bicyclic) bond motifs is 2. The third-order valence-corrected chi connectivity index (χ3v) is 5.87. The lowest BCUT2D eigenvalue weighted by Crippen LogP contribution is -2.32. The molecule has 5 rings (SSSR count). The highest BCUT2D eigenvalue weighted by molar-refractivity contribution is 5.75. The average molecular weight is 412 g/mol. The zero-order chi connectivity index (χ0) is 21.4. The highest BCUT2D eigenvalue weighted by Gasteiger charge is 2.23. The minimum atomic E-state index is 0.0604. The molecule has 7 nitrogen and oxygen atoms in total. The average Bonchev–Trinajstić information content (AvgIpc) is 2.79. The van der Waals surface area contributed by atoms with Crippen molar-refractivity contribution < 1.29 is 0 Å². The predicted molar refractivity (Wildman–Crippen MR) is 124 cm³/mol. The Morgan fingerprint density at radius 3 is 2.68 bits per heavy atom. The smallest absolute Gasteiger partial charge is 0.135 e. The molecular weight excluding hydrogens is 386 g/mol. The van der Waals surface area contributed by atoms with E-state index in [1.165, 1.54) is 5.56 Å². The fourth-order valence-corrected chi connectivity index (χ4v) is 4.17. The number of nitrogen functional groups attached to an aromatic ring is 1. The lowest BCUT2D eigenvalue weighted by molar-refractivity contribution is 0.703. The fraction of sp³-hybridized carbons (Fsp3) is 0.250. The first kappa shape index (κ1) is 19.2. The molecule has 2 aromatic carbocycles. The van der Waals surface area contributed by atoms with Crippen molar-refractivity contribution >= 4 is 28.2 Å². The predicted octanol–water partition coefficient (Wildman–Crippen LogP) is 4.05. The van der Waals surface area contributed by atoms with Gasteiger partial charge in [0.25, 0.3) is 0 Å². The van der Waals surface area contributed by atoms with Crippen LogP contribution in [-0.2, 0) is 13.0 Å². The molecule has 1 atom stereocenters. The second-order valence-corrected chi connectivity index (χ2v) is 8.05. The van der Waals surface area contributed by atoms with E-state index in [9.17, 15) is 0 Å². The topological polar surface area (TPSA) is 92.9 Å². The largest absolute Gasteiger partial charge is 0.397 e. The van der Waals surface area contributed by atoms with E-state index >= 15 is 0 Å². The molecule has 0 saturated carbocycles. The van der Waals surface area contributed by atoms with Crippen LogP contribution in [0.1, 0.15) is 35.3 Å². The van der Waals surface area contributed by atoms with E-state index < -0.39 is 0 Å². The van der Waals surface area contributed by atoms with Crippen LogP contribution in [0.15, 0.2) is 55.1 Å². The number of nitrogens with two attached hydrogens (primary N) is 1. The highest BCUT2D eigenvalue weighted by Crippen LogP contribution is 2.32. The summed E-state index contributed by atoms with van der Waals surface area (Å²) >= 11 is 0. The first-order chi connectivity index (χ1) is 15.1. The van der Waals surface area contributed by atoms with Crippen molar-refractivity contribution in [3.8, 4) is 0 Å². The minimum absolute atomic E-state index is 0.0604. The van der Waals surface area contributed by atoms with Crippen molar-refractivity contribution in [2.45, 2.75) is 32.9 Å². The Balaban J connectivity index is 1.42. The van der Waals surface area contributed by atoms with Gasteiger partial charge in [-0.3, -0.25) is 9.97 Å². The molecule has 0 aliphatic carbocycles. The van der Waals surface area contributed by atoms with Crippen molar-refractivity contribution in [3.05, 3.63) is 77.5 Å². The fourth-order valence-electron chi connectivity index (χ4n) is 4.17. The van der Waals surface area contributed by atoms with Gasteiger partial charge in [-0.15, -0.1) is 0 Å². The maximum Gasteiger partial charge on any atom is 0.135 e. The van der Waals surface area contributed by atoms with Crippen molar-refractivity contribution in [2.75, 3.05) is 22.5 Å². The lowest BCUT2D eigenvalue weighted by atomic mass is 10.0. The molecule has 0 amide bonds. The van der Waals surface area contributed by atoms with Crippen LogP contribution < -0.4 is 16.0 Å². The number of nitrogens with zero attached hydrogens (tertiary/aromatic N) is 5. The molecule has 0 saturated heterocycles. The van der Waals surface area contributed by atoms with Gasteiger partial charge in [-0.2, -0.15) is 0 Å². The van der Waals surface area contributed by atoms with Crippen molar-refractivity contribution in [2.24, 2.45) is 0 Å². The lowest BCUT2D eigenvalue weighted by Gasteiger charge is -2.32. The molecule has 1 aliphatic rings. The van der Waals surface area contributed by atoms with Crippen molar-refractivity contribution in [3.63, 3.8) is 0 Å². The monoisotopic (exact) mass is 411 g/mol. The Labute approximate surface area is 181 Å². The summed E-state index contributed by atoms with van der Waals surface area (Å²) in [6.45, 7) is 5.79. The van der Waals surface area contributed by atoms with Crippen LogP contribution in [0.4, 0.5) is 17.2 Å². The molecular formula is C24H25N7. The molecule has 156 valence electrons. The second kappa shape index (κ2) is 7.83.